The Bertz CT molecular complexity index is 478. The first-order chi connectivity index (χ1) is 10.1. The van der Waals surface area contributed by atoms with E-state index in [2.05, 4.69) is 10.6 Å². The van der Waals surface area contributed by atoms with E-state index < -0.39 is 10.0 Å². The van der Waals surface area contributed by atoms with Crippen LogP contribution in [0.2, 0.25) is 0 Å². The van der Waals surface area contributed by atoms with Crippen molar-refractivity contribution >= 4 is 15.9 Å². The summed E-state index contributed by atoms with van der Waals surface area (Å²) >= 11 is 0. The lowest BCUT2D eigenvalue weighted by molar-refractivity contribution is -0.121. The molecule has 1 heterocycles. The number of sulfonamides is 1. The lowest BCUT2D eigenvalue weighted by Crippen LogP contribution is -2.48. The molecule has 2 N–H and O–H groups in total. The van der Waals surface area contributed by atoms with Crippen LogP contribution in [0.4, 0.5) is 0 Å². The molecule has 1 amide bonds. The molecule has 120 valence electrons. The Morgan fingerprint density at radius 2 is 1.71 bits per heavy atom. The highest BCUT2D eigenvalue weighted by molar-refractivity contribution is 7.90. The maximum Gasteiger partial charge on any atom is 0.234 e. The number of rotatable bonds is 7. The van der Waals surface area contributed by atoms with Crippen molar-refractivity contribution in [2.45, 2.75) is 49.8 Å². The molecule has 0 unspecified atom stereocenters. The summed E-state index contributed by atoms with van der Waals surface area (Å²) in [5.74, 6) is 0.799. The molecule has 21 heavy (non-hydrogen) atoms. The second kappa shape index (κ2) is 6.22. The van der Waals surface area contributed by atoms with Gasteiger partial charge in [-0.2, -0.15) is 0 Å². The second-order valence-electron chi connectivity index (χ2n) is 6.56. The van der Waals surface area contributed by atoms with E-state index in [1.807, 2.05) is 0 Å². The molecule has 2 saturated carbocycles. The van der Waals surface area contributed by atoms with Gasteiger partial charge in [-0.3, -0.25) is 4.79 Å². The van der Waals surface area contributed by atoms with E-state index in [0.29, 0.717) is 19.6 Å². The Kier molecular flexibility index (Phi) is 4.51. The number of amides is 1. The molecule has 1 saturated heterocycles. The van der Waals surface area contributed by atoms with Crippen LogP contribution in [0.15, 0.2) is 0 Å². The average molecular weight is 315 g/mol. The van der Waals surface area contributed by atoms with Gasteiger partial charge in [0.15, 0.2) is 0 Å². The number of nitrogens with one attached hydrogen (secondary N) is 2. The van der Waals surface area contributed by atoms with Crippen LogP contribution in [0.25, 0.3) is 0 Å². The van der Waals surface area contributed by atoms with Gasteiger partial charge in [-0.15, -0.1) is 0 Å². The van der Waals surface area contributed by atoms with Gasteiger partial charge in [-0.1, -0.05) is 0 Å². The van der Waals surface area contributed by atoms with Gasteiger partial charge >= 0.3 is 0 Å². The predicted molar refractivity (Wildman–Crippen MR) is 80.3 cm³/mol. The first-order valence-electron chi connectivity index (χ1n) is 8.05. The van der Waals surface area contributed by atoms with Crippen molar-refractivity contribution in [1.29, 1.82) is 0 Å². The maximum atomic E-state index is 12.1. The monoisotopic (exact) mass is 315 g/mol. The Labute approximate surface area is 126 Å². The van der Waals surface area contributed by atoms with Crippen molar-refractivity contribution in [1.82, 2.24) is 14.9 Å². The molecule has 3 rings (SSSR count). The van der Waals surface area contributed by atoms with Crippen LogP contribution in [-0.2, 0) is 14.8 Å². The molecule has 0 bridgehead atoms. The molecule has 1 aliphatic heterocycles. The van der Waals surface area contributed by atoms with Crippen molar-refractivity contribution in [2.75, 3.05) is 26.2 Å². The van der Waals surface area contributed by atoms with Crippen molar-refractivity contribution in [3.63, 3.8) is 0 Å². The quantitative estimate of drug-likeness (QED) is 0.696. The molecule has 6 nitrogen and oxygen atoms in total. The van der Waals surface area contributed by atoms with Gasteiger partial charge in [-0.05, 0) is 51.0 Å². The molecule has 0 radical (unpaired) electrons. The van der Waals surface area contributed by atoms with E-state index in [9.17, 15) is 13.2 Å². The molecule has 2 aliphatic carbocycles. The summed E-state index contributed by atoms with van der Waals surface area (Å²) in [6.07, 6.45) is 5.63. The highest BCUT2D eigenvalue weighted by Crippen LogP contribution is 2.32. The van der Waals surface area contributed by atoms with E-state index in [0.717, 1.165) is 38.1 Å². The van der Waals surface area contributed by atoms with Crippen LogP contribution in [-0.4, -0.2) is 56.1 Å². The van der Waals surface area contributed by atoms with E-state index >= 15 is 0 Å². The third-order valence-electron chi connectivity index (χ3n) is 4.54. The standard InChI is InChI=1S/C14H25N3O3S/c18-14(10-15-9-11-1-2-11)16-12-5-7-17(8-6-12)21(19,20)13-3-4-13/h11-13,15H,1-10H2,(H,16,18). The molecular weight excluding hydrogens is 290 g/mol. The van der Waals surface area contributed by atoms with Crippen molar-refractivity contribution < 1.29 is 13.2 Å². The predicted octanol–water partition coefficient (Wildman–Crippen LogP) is 0.0588. The maximum absolute atomic E-state index is 12.1. The van der Waals surface area contributed by atoms with Crippen LogP contribution < -0.4 is 10.6 Å². The molecule has 0 atom stereocenters. The molecule has 7 heteroatoms. The minimum absolute atomic E-state index is 0.0270. The van der Waals surface area contributed by atoms with Crippen molar-refractivity contribution in [3.8, 4) is 0 Å². The Hall–Kier alpha value is -0.660. The van der Waals surface area contributed by atoms with Gasteiger partial charge in [0, 0.05) is 19.1 Å². The number of hydrogen-bond donors (Lipinski definition) is 2. The fourth-order valence-electron chi connectivity index (χ4n) is 2.82. The molecule has 0 aromatic rings. The topological polar surface area (TPSA) is 78.5 Å². The molecule has 0 aromatic heterocycles. The van der Waals surface area contributed by atoms with Gasteiger partial charge in [0.1, 0.15) is 0 Å². The normalized spacial score (nSPS) is 25.0. The minimum Gasteiger partial charge on any atom is -0.352 e. The van der Waals surface area contributed by atoms with Gasteiger partial charge in [0.05, 0.1) is 11.8 Å². The van der Waals surface area contributed by atoms with E-state index in [4.69, 9.17) is 0 Å². The van der Waals surface area contributed by atoms with Gasteiger partial charge in [0.25, 0.3) is 0 Å². The highest BCUT2D eigenvalue weighted by atomic mass is 32.2. The Balaban J connectivity index is 1.35. The lowest BCUT2D eigenvalue weighted by atomic mass is 10.1. The Morgan fingerprint density at radius 3 is 2.29 bits per heavy atom. The smallest absolute Gasteiger partial charge is 0.234 e. The third kappa shape index (κ3) is 4.17. The number of carbonyl (C=O) groups is 1. The average Bonchev–Trinajstić information content (AvgIpc) is 3.31. The molecule has 0 aromatic carbocycles. The van der Waals surface area contributed by atoms with Gasteiger partial charge < -0.3 is 10.6 Å². The first kappa shape index (κ1) is 15.2. The van der Waals surface area contributed by atoms with Crippen LogP contribution in [0.3, 0.4) is 0 Å². The number of hydrogen-bond acceptors (Lipinski definition) is 4. The van der Waals surface area contributed by atoms with Crippen LogP contribution in [0.5, 0.6) is 0 Å². The summed E-state index contributed by atoms with van der Waals surface area (Å²) in [6.45, 7) is 2.39. The summed E-state index contributed by atoms with van der Waals surface area (Å²) in [5, 5.41) is 6.05. The fourth-order valence-corrected chi connectivity index (χ4v) is 4.70. The van der Waals surface area contributed by atoms with Crippen molar-refractivity contribution in [3.05, 3.63) is 0 Å². The summed E-state index contributed by atoms with van der Waals surface area (Å²) in [7, 11) is -3.05. The van der Waals surface area contributed by atoms with Gasteiger partial charge in [0.2, 0.25) is 15.9 Å². The summed E-state index contributed by atoms with van der Waals surface area (Å²) in [6, 6.07) is 0.117. The van der Waals surface area contributed by atoms with Crippen molar-refractivity contribution in [2.24, 2.45) is 5.92 Å². The molecular formula is C14H25N3O3S. The minimum atomic E-state index is -3.05. The molecule has 3 fully saturated rings. The van der Waals surface area contributed by atoms with E-state index in [-0.39, 0.29) is 17.2 Å². The molecule has 3 aliphatic rings. The number of piperidine rings is 1. The van der Waals surface area contributed by atoms with E-state index in [1.54, 1.807) is 4.31 Å². The summed E-state index contributed by atoms with van der Waals surface area (Å²) < 4.78 is 25.8. The summed E-state index contributed by atoms with van der Waals surface area (Å²) in [5.41, 5.74) is 0. The highest BCUT2D eigenvalue weighted by Gasteiger charge is 2.41. The van der Waals surface area contributed by atoms with Crippen LogP contribution in [0, 0.1) is 5.92 Å². The van der Waals surface area contributed by atoms with Crippen LogP contribution >= 0.6 is 0 Å². The van der Waals surface area contributed by atoms with E-state index in [1.165, 1.54) is 12.8 Å². The zero-order valence-corrected chi connectivity index (χ0v) is 13.2. The van der Waals surface area contributed by atoms with Gasteiger partial charge in [-0.25, -0.2) is 12.7 Å². The third-order valence-corrected chi connectivity index (χ3v) is 6.94. The van der Waals surface area contributed by atoms with Crippen LogP contribution in [0.1, 0.15) is 38.5 Å². The zero-order valence-electron chi connectivity index (χ0n) is 12.4. The number of carbonyl (C=O) groups excluding carboxylic acids is 1. The zero-order chi connectivity index (χ0) is 14.9. The lowest BCUT2D eigenvalue weighted by Gasteiger charge is -2.31. The summed E-state index contributed by atoms with van der Waals surface area (Å²) in [4.78, 5) is 11.8. The SMILES string of the molecule is O=C(CNCC1CC1)NC1CCN(S(=O)(=O)C2CC2)CC1. The fraction of sp³-hybridized carbons (Fsp3) is 0.929. The first-order valence-corrected chi connectivity index (χ1v) is 9.55. The largest absolute Gasteiger partial charge is 0.352 e. The Morgan fingerprint density at radius 1 is 1.05 bits per heavy atom. The second-order valence-corrected chi connectivity index (χ2v) is 8.77. The molecule has 0 spiro atoms. The number of nitrogens with zero attached hydrogens (tertiary/aromatic N) is 1.